The zero-order valence-corrected chi connectivity index (χ0v) is 16.2. The highest BCUT2D eigenvalue weighted by Gasteiger charge is 2.23. The fraction of sp³-hybridized carbons (Fsp3) is 0.263. The van der Waals surface area contributed by atoms with Gasteiger partial charge in [0.05, 0.1) is 29.3 Å². The third-order valence-electron chi connectivity index (χ3n) is 3.50. The molecule has 0 aliphatic heterocycles. The number of sulfonamides is 1. The minimum absolute atomic E-state index is 0.0851. The number of hydrogen-bond donors (Lipinski definition) is 1. The van der Waals surface area contributed by atoms with Crippen LogP contribution in [-0.4, -0.2) is 33.2 Å². The third-order valence-corrected chi connectivity index (χ3v) is 4.63. The Bertz CT molecular complexity index is 965. The predicted molar refractivity (Wildman–Crippen MR) is 104 cm³/mol. The summed E-state index contributed by atoms with van der Waals surface area (Å²) in [5, 5.41) is 11.9. The number of hydrogen-bond acceptors (Lipinski definition) is 5. The summed E-state index contributed by atoms with van der Waals surface area (Å²) in [4.78, 5) is 12.5. The van der Waals surface area contributed by atoms with Crippen molar-refractivity contribution in [2.45, 2.75) is 20.0 Å². The van der Waals surface area contributed by atoms with Gasteiger partial charge in [-0.1, -0.05) is 24.3 Å². The van der Waals surface area contributed by atoms with E-state index < -0.39 is 22.5 Å². The summed E-state index contributed by atoms with van der Waals surface area (Å²) in [7, 11) is -3.78. The molecule has 0 heterocycles. The van der Waals surface area contributed by atoms with E-state index in [0.717, 1.165) is 10.6 Å². The maximum Gasteiger partial charge on any atom is 0.245 e. The standard InChI is InChI=1S/C19H21N3O4S/c1-14(2)26-18-11-7-5-9-16(18)21-19(23)13-22(27(3,24)25)17-10-6-4-8-15(17)12-20/h4-11,14H,13H2,1-3H3,(H,21,23). The lowest BCUT2D eigenvalue weighted by Gasteiger charge is -2.23. The quantitative estimate of drug-likeness (QED) is 0.787. The van der Waals surface area contributed by atoms with Crippen molar-refractivity contribution in [2.24, 2.45) is 0 Å². The molecule has 0 aliphatic carbocycles. The number of para-hydroxylation sites is 3. The molecule has 8 heteroatoms. The van der Waals surface area contributed by atoms with Crippen LogP contribution in [0.4, 0.5) is 11.4 Å². The van der Waals surface area contributed by atoms with Gasteiger partial charge in [-0.05, 0) is 38.1 Å². The highest BCUT2D eigenvalue weighted by atomic mass is 32.2. The van der Waals surface area contributed by atoms with Crippen molar-refractivity contribution >= 4 is 27.3 Å². The smallest absolute Gasteiger partial charge is 0.245 e. The average Bonchev–Trinajstić information content (AvgIpc) is 2.60. The largest absolute Gasteiger partial charge is 0.489 e. The van der Waals surface area contributed by atoms with Gasteiger partial charge in [0, 0.05) is 0 Å². The van der Waals surface area contributed by atoms with Crippen molar-refractivity contribution in [1.29, 1.82) is 5.26 Å². The highest BCUT2D eigenvalue weighted by Crippen LogP contribution is 2.26. The van der Waals surface area contributed by atoms with Gasteiger partial charge < -0.3 is 10.1 Å². The molecule has 142 valence electrons. The van der Waals surface area contributed by atoms with E-state index in [1.807, 2.05) is 19.9 Å². The number of nitrogens with zero attached hydrogens (tertiary/aromatic N) is 2. The summed E-state index contributed by atoms with van der Waals surface area (Å²) >= 11 is 0. The zero-order chi connectivity index (χ0) is 20.0. The number of carbonyl (C=O) groups is 1. The van der Waals surface area contributed by atoms with Gasteiger partial charge in [0.25, 0.3) is 0 Å². The van der Waals surface area contributed by atoms with Crippen LogP contribution in [0, 0.1) is 11.3 Å². The van der Waals surface area contributed by atoms with E-state index in [1.54, 1.807) is 36.4 Å². The van der Waals surface area contributed by atoms with Crippen molar-refractivity contribution in [1.82, 2.24) is 0 Å². The van der Waals surface area contributed by atoms with Crippen LogP contribution in [0.3, 0.4) is 0 Å². The molecule has 7 nitrogen and oxygen atoms in total. The van der Waals surface area contributed by atoms with Crippen molar-refractivity contribution in [3.05, 3.63) is 54.1 Å². The molecule has 27 heavy (non-hydrogen) atoms. The van der Waals surface area contributed by atoms with Gasteiger partial charge in [-0.3, -0.25) is 9.10 Å². The Labute approximate surface area is 159 Å². The van der Waals surface area contributed by atoms with E-state index in [-0.39, 0.29) is 17.4 Å². The summed E-state index contributed by atoms with van der Waals surface area (Å²) in [6.07, 6.45) is 0.905. The van der Waals surface area contributed by atoms with Crippen molar-refractivity contribution in [3.63, 3.8) is 0 Å². The molecule has 0 aliphatic rings. The number of rotatable bonds is 7. The number of carbonyl (C=O) groups excluding carboxylic acids is 1. The number of anilines is 2. The second-order valence-electron chi connectivity index (χ2n) is 6.11. The van der Waals surface area contributed by atoms with Crippen LogP contribution < -0.4 is 14.4 Å². The normalized spacial score (nSPS) is 10.9. The molecule has 0 bridgehead atoms. The van der Waals surface area contributed by atoms with Crippen molar-refractivity contribution < 1.29 is 17.9 Å². The van der Waals surface area contributed by atoms with Crippen LogP contribution in [0.15, 0.2) is 48.5 Å². The lowest BCUT2D eigenvalue weighted by atomic mass is 10.2. The van der Waals surface area contributed by atoms with Gasteiger partial charge in [-0.2, -0.15) is 5.26 Å². The Kier molecular flexibility index (Phi) is 6.42. The fourth-order valence-electron chi connectivity index (χ4n) is 2.41. The fourth-order valence-corrected chi connectivity index (χ4v) is 3.28. The molecule has 0 atom stereocenters. The summed E-state index contributed by atoms with van der Waals surface area (Å²) in [5.41, 5.74) is 0.766. The second-order valence-corrected chi connectivity index (χ2v) is 8.02. The number of benzene rings is 2. The van der Waals surface area contributed by atoms with Crippen LogP contribution in [0.2, 0.25) is 0 Å². The van der Waals surface area contributed by atoms with Gasteiger partial charge in [-0.15, -0.1) is 0 Å². The summed E-state index contributed by atoms with van der Waals surface area (Å²) in [6.45, 7) is 3.26. The number of nitriles is 1. The van der Waals surface area contributed by atoms with E-state index in [9.17, 15) is 18.5 Å². The first kappa shape index (κ1) is 20.3. The molecule has 0 spiro atoms. The predicted octanol–water partition coefficient (Wildman–Crippen LogP) is 2.75. The molecule has 0 saturated carbocycles. The van der Waals surface area contributed by atoms with E-state index in [4.69, 9.17) is 4.74 Å². The maximum absolute atomic E-state index is 12.5. The van der Waals surface area contributed by atoms with Crippen LogP contribution in [0.5, 0.6) is 5.75 Å². The number of amides is 1. The minimum atomic E-state index is -3.78. The van der Waals surface area contributed by atoms with E-state index in [2.05, 4.69) is 5.32 Å². The van der Waals surface area contributed by atoms with Gasteiger partial charge >= 0.3 is 0 Å². The van der Waals surface area contributed by atoms with E-state index >= 15 is 0 Å². The Balaban J connectivity index is 2.28. The maximum atomic E-state index is 12.5. The number of nitrogens with one attached hydrogen (secondary N) is 1. The molecule has 0 saturated heterocycles. The molecule has 0 unspecified atom stereocenters. The van der Waals surface area contributed by atoms with Crippen LogP contribution in [0.25, 0.3) is 0 Å². The minimum Gasteiger partial charge on any atom is -0.489 e. The summed E-state index contributed by atoms with van der Waals surface area (Å²) < 4.78 is 31.0. The number of ether oxygens (including phenoxy) is 1. The van der Waals surface area contributed by atoms with Crippen molar-refractivity contribution in [3.8, 4) is 11.8 Å². The summed E-state index contributed by atoms with van der Waals surface area (Å²) in [6, 6.07) is 15.1. The molecule has 0 aromatic heterocycles. The highest BCUT2D eigenvalue weighted by molar-refractivity contribution is 7.92. The lowest BCUT2D eigenvalue weighted by Crippen LogP contribution is -2.38. The topological polar surface area (TPSA) is 99.5 Å². The van der Waals surface area contributed by atoms with E-state index in [0.29, 0.717) is 11.4 Å². The molecule has 2 rings (SSSR count). The average molecular weight is 387 g/mol. The molecule has 2 aromatic carbocycles. The monoisotopic (exact) mass is 387 g/mol. The molecule has 0 fully saturated rings. The first-order valence-corrected chi connectivity index (χ1v) is 10.1. The first-order chi connectivity index (χ1) is 12.7. The van der Waals surface area contributed by atoms with E-state index in [1.165, 1.54) is 12.1 Å². The Morgan fingerprint density at radius 2 is 1.81 bits per heavy atom. The Morgan fingerprint density at radius 3 is 2.44 bits per heavy atom. The zero-order valence-electron chi connectivity index (χ0n) is 15.3. The van der Waals surface area contributed by atoms with Gasteiger partial charge in [0.1, 0.15) is 18.4 Å². The third kappa shape index (κ3) is 5.46. The van der Waals surface area contributed by atoms with Crippen LogP contribution in [0.1, 0.15) is 19.4 Å². The van der Waals surface area contributed by atoms with Gasteiger partial charge in [0.2, 0.25) is 15.9 Å². The summed E-state index contributed by atoms with van der Waals surface area (Å²) in [5.74, 6) is -0.0582. The van der Waals surface area contributed by atoms with Gasteiger partial charge in [-0.25, -0.2) is 8.42 Å². The Hall–Kier alpha value is -3.05. The lowest BCUT2D eigenvalue weighted by molar-refractivity contribution is -0.114. The molecule has 0 radical (unpaired) electrons. The SMILES string of the molecule is CC(C)Oc1ccccc1NC(=O)CN(c1ccccc1C#N)S(C)(=O)=O. The molecule has 1 N–H and O–H groups in total. The first-order valence-electron chi connectivity index (χ1n) is 8.24. The molecular weight excluding hydrogens is 366 g/mol. The molecule has 1 amide bonds. The van der Waals surface area contributed by atoms with Crippen LogP contribution >= 0.6 is 0 Å². The molecular formula is C19H21N3O4S. The van der Waals surface area contributed by atoms with Gasteiger partial charge in [0.15, 0.2) is 0 Å². The van der Waals surface area contributed by atoms with Crippen molar-refractivity contribution in [2.75, 3.05) is 22.4 Å². The van der Waals surface area contributed by atoms with Crippen LogP contribution in [-0.2, 0) is 14.8 Å². The molecule has 2 aromatic rings. The Morgan fingerprint density at radius 1 is 1.19 bits per heavy atom. The second kappa shape index (κ2) is 8.56.